The molecule has 0 aliphatic carbocycles. The third kappa shape index (κ3) is 4.35. The lowest BCUT2D eigenvalue weighted by Crippen LogP contribution is -2.45. The van der Waals surface area contributed by atoms with E-state index in [1.807, 2.05) is 0 Å². The van der Waals surface area contributed by atoms with E-state index in [1.54, 1.807) is 6.92 Å². The van der Waals surface area contributed by atoms with Gasteiger partial charge < -0.3 is 10.0 Å². The summed E-state index contributed by atoms with van der Waals surface area (Å²) in [5.41, 5.74) is 0. The van der Waals surface area contributed by atoms with Crippen molar-refractivity contribution in [3.8, 4) is 0 Å². The molecule has 1 aliphatic heterocycles. The number of carbonyl (C=O) groups is 2. The molecule has 0 radical (unpaired) electrons. The van der Waals surface area contributed by atoms with E-state index >= 15 is 0 Å². The molecule has 1 aromatic rings. The van der Waals surface area contributed by atoms with Crippen LogP contribution < -0.4 is 0 Å². The topological polar surface area (TPSA) is 95.0 Å². The normalized spacial score (nSPS) is 16.6. The fraction of sp³-hybridized carbons (Fsp3) is 0.500. The van der Waals surface area contributed by atoms with Gasteiger partial charge in [-0.3, -0.25) is 9.59 Å². The Morgan fingerprint density at radius 3 is 2.40 bits per heavy atom. The molecule has 138 valence electrons. The van der Waals surface area contributed by atoms with Gasteiger partial charge >= 0.3 is 5.97 Å². The summed E-state index contributed by atoms with van der Waals surface area (Å²) >= 11 is 0. The zero-order chi connectivity index (χ0) is 18.6. The summed E-state index contributed by atoms with van der Waals surface area (Å²) in [4.78, 5) is 24.1. The van der Waals surface area contributed by atoms with Gasteiger partial charge in [-0.05, 0) is 31.9 Å². The first-order valence-electron chi connectivity index (χ1n) is 8.02. The maximum Gasteiger partial charge on any atom is 0.323 e. The molecular formula is C16H21FN2O5S. The average molecular weight is 372 g/mol. The lowest BCUT2D eigenvalue weighted by Gasteiger charge is -2.33. The van der Waals surface area contributed by atoms with Crippen molar-refractivity contribution in [1.29, 1.82) is 0 Å². The molecule has 1 N–H and O–H groups in total. The van der Waals surface area contributed by atoms with Crippen LogP contribution in [0.1, 0.15) is 19.8 Å². The number of hydrogen-bond donors (Lipinski definition) is 1. The van der Waals surface area contributed by atoms with Gasteiger partial charge in [-0.1, -0.05) is 12.1 Å². The zero-order valence-corrected chi connectivity index (χ0v) is 14.7. The molecule has 1 heterocycles. The standard InChI is InChI=1S/C16H21FN2O5S/c1-2-18(11-15(20)21)16(22)12-7-9-19(10-8-12)25(23,24)14-6-4-3-5-13(14)17/h3-6,12H,2,7-11H2,1H3,(H,20,21). The van der Waals surface area contributed by atoms with Crippen LogP contribution in [0, 0.1) is 11.7 Å². The van der Waals surface area contributed by atoms with Gasteiger partial charge in [0.05, 0.1) is 0 Å². The van der Waals surface area contributed by atoms with Crippen molar-refractivity contribution in [2.24, 2.45) is 5.92 Å². The first-order valence-corrected chi connectivity index (χ1v) is 9.46. The van der Waals surface area contributed by atoms with E-state index in [0.29, 0.717) is 0 Å². The SMILES string of the molecule is CCN(CC(=O)O)C(=O)C1CCN(S(=O)(=O)c2ccccc2F)CC1. The number of likely N-dealkylation sites (N-methyl/N-ethyl adjacent to an activating group) is 1. The molecule has 0 atom stereocenters. The highest BCUT2D eigenvalue weighted by Gasteiger charge is 2.34. The monoisotopic (exact) mass is 372 g/mol. The molecule has 0 aromatic heterocycles. The Morgan fingerprint density at radius 1 is 1.28 bits per heavy atom. The summed E-state index contributed by atoms with van der Waals surface area (Å²) in [5, 5.41) is 8.85. The van der Waals surface area contributed by atoms with Gasteiger partial charge in [0.25, 0.3) is 0 Å². The smallest absolute Gasteiger partial charge is 0.323 e. The van der Waals surface area contributed by atoms with Crippen LogP contribution in [-0.2, 0) is 19.6 Å². The summed E-state index contributed by atoms with van der Waals surface area (Å²) in [5.74, 6) is -2.60. The van der Waals surface area contributed by atoms with Crippen LogP contribution in [-0.4, -0.2) is 60.8 Å². The number of halogens is 1. The third-order valence-corrected chi connectivity index (χ3v) is 6.21. The quantitative estimate of drug-likeness (QED) is 0.809. The molecule has 0 unspecified atom stereocenters. The van der Waals surface area contributed by atoms with Crippen LogP contribution in [0.3, 0.4) is 0 Å². The summed E-state index contributed by atoms with van der Waals surface area (Å²) in [6.45, 7) is 1.79. The number of amides is 1. The molecule has 1 saturated heterocycles. The van der Waals surface area contributed by atoms with Crippen LogP contribution in [0.25, 0.3) is 0 Å². The van der Waals surface area contributed by atoms with Crippen molar-refractivity contribution in [3.63, 3.8) is 0 Å². The molecule has 1 aromatic carbocycles. The zero-order valence-electron chi connectivity index (χ0n) is 13.9. The van der Waals surface area contributed by atoms with Crippen molar-refractivity contribution in [3.05, 3.63) is 30.1 Å². The number of carboxylic acid groups (broad SMARTS) is 1. The number of piperidine rings is 1. The molecule has 7 nitrogen and oxygen atoms in total. The maximum absolute atomic E-state index is 13.8. The molecule has 25 heavy (non-hydrogen) atoms. The highest BCUT2D eigenvalue weighted by atomic mass is 32.2. The van der Waals surface area contributed by atoms with Crippen LogP contribution in [0.15, 0.2) is 29.2 Å². The number of nitrogens with zero attached hydrogens (tertiary/aromatic N) is 2. The second kappa shape index (κ2) is 7.92. The van der Waals surface area contributed by atoms with Crippen molar-refractivity contribution in [2.45, 2.75) is 24.7 Å². The number of carbonyl (C=O) groups excluding carboxylic acids is 1. The Kier molecular flexibility index (Phi) is 6.12. The lowest BCUT2D eigenvalue weighted by molar-refractivity contribution is -0.146. The first-order chi connectivity index (χ1) is 11.8. The minimum atomic E-state index is -3.95. The second-order valence-electron chi connectivity index (χ2n) is 5.85. The molecule has 1 amide bonds. The van der Waals surface area contributed by atoms with Crippen LogP contribution in [0.4, 0.5) is 4.39 Å². The van der Waals surface area contributed by atoms with E-state index in [2.05, 4.69) is 0 Å². The van der Waals surface area contributed by atoms with Gasteiger partial charge in [0.2, 0.25) is 15.9 Å². The van der Waals surface area contributed by atoms with Crippen molar-refractivity contribution in [1.82, 2.24) is 9.21 Å². The van der Waals surface area contributed by atoms with Crippen molar-refractivity contribution in [2.75, 3.05) is 26.2 Å². The summed E-state index contributed by atoms with van der Waals surface area (Å²) in [7, 11) is -3.95. The van der Waals surface area contributed by atoms with Gasteiger partial charge in [-0.2, -0.15) is 4.31 Å². The highest BCUT2D eigenvalue weighted by Crippen LogP contribution is 2.26. The number of rotatable bonds is 6. The molecule has 1 aliphatic rings. The second-order valence-corrected chi connectivity index (χ2v) is 7.76. The van der Waals surface area contributed by atoms with Gasteiger partial charge in [0.1, 0.15) is 17.3 Å². The summed E-state index contributed by atoms with van der Waals surface area (Å²) in [6.07, 6.45) is 0.561. The average Bonchev–Trinajstić information content (AvgIpc) is 2.59. The Balaban J connectivity index is 2.05. The minimum absolute atomic E-state index is 0.0949. The summed E-state index contributed by atoms with van der Waals surface area (Å²) < 4.78 is 40.0. The molecule has 2 rings (SSSR count). The van der Waals surface area contributed by atoms with Crippen LogP contribution >= 0.6 is 0 Å². The Morgan fingerprint density at radius 2 is 1.88 bits per heavy atom. The fourth-order valence-corrected chi connectivity index (χ4v) is 4.44. The van der Waals surface area contributed by atoms with E-state index in [1.165, 1.54) is 27.4 Å². The Hall–Kier alpha value is -2.00. The number of aliphatic carboxylic acids is 1. The first kappa shape index (κ1) is 19.3. The molecule has 0 bridgehead atoms. The molecular weight excluding hydrogens is 351 g/mol. The van der Waals surface area contributed by atoms with Crippen LogP contribution in [0.5, 0.6) is 0 Å². The largest absolute Gasteiger partial charge is 0.480 e. The van der Waals surface area contributed by atoms with E-state index < -0.39 is 27.7 Å². The van der Waals surface area contributed by atoms with Crippen LogP contribution in [0.2, 0.25) is 0 Å². The molecule has 0 spiro atoms. The van der Waals surface area contributed by atoms with Gasteiger partial charge in [0.15, 0.2) is 0 Å². The van der Waals surface area contributed by atoms with E-state index in [0.717, 1.165) is 6.07 Å². The van der Waals surface area contributed by atoms with E-state index in [4.69, 9.17) is 5.11 Å². The number of benzene rings is 1. The number of sulfonamides is 1. The molecule has 9 heteroatoms. The molecule has 1 fully saturated rings. The predicted octanol–water partition coefficient (Wildman–Crippen LogP) is 1.16. The Labute approximate surface area is 146 Å². The van der Waals surface area contributed by atoms with Crippen molar-refractivity contribution >= 4 is 21.9 Å². The van der Waals surface area contributed by atoms with Gasteiger partial charge in [0, 0.05) is 25.6 Å². The predicted molar refractivity (Wildman–Crippen MR) is 87.8 cm³/mol. The molecule has 0 saturated carbocycles. The summed E-state index contributed by atoms with van der Waals surface area (Å²) in [6, 6.07) is 5.18. The third-order valence-electron chi connectivity index (χ3n) is 4.28. The Bertz CT molecular complexity index is 745. The van der Waals surface area contributed by atoms with Gasteiger partial charge in [-0.15, -0.1) is 0 Å². The van der Waals surface area contributed by atoms with E-state index in [-0.39, 0.29) is 49.8 Å². The number of carboxylic acids is 1. The minimum Gasteiger partial charge on any atom is -0.480 e. The van der Waals surface area contributed by atoms with E-state index in [9.17, 15) is 22.4 Å². The fourth-order valence-electron chi connectivity index (χ4n) is 2.90. The van der Waals surface area contributed by atoms with Crippen molar-refractivity contribution < 1.29 is 27.5 Å². The lowest BCUT2D eigenvalue weighted by atomic mass is 9.96. The highest BCUT2D eigenvalue weighted by molar-refractivity contribution is 7.89. The maximum atomic E-state index is 13.8. The number of hydrogen-bond acceptors (Lipinski definition) is 4. The van der Waals surface area contributed by atoms with Gasteiger partial charge in [-0.25, -0.2) is 12.8 Å².